The van der Waals surface area contributed by atoms with Crippen LogP contribution in [-0.2, 0) is 9.53 Å². The molecule has 0 spiro atoms. The summed E-state index contributed by atoms with van der Waals surface area (Å²) in [7, 11) is 1.34. The fourth-order valence-corrected chi connectivity index (χ4v) is 2.49. The molecule has 1 aromatic carbocycles. The monoisotopic (exact) mass is 324 g/mol. The summed E-state index contributed by atoms with van der Waals surface area (Å²) in [5, 5.41) is 0.872. The Morgan fingerprint density at radius 1 is 1.27 bits per heavy atom. The van der Waals surface area contributed by atoms with Crippen LogP contribution < -0.4 is 5.73 Å². The average Bonchev–Trinajstić information content (AvgIpc) is 2.85. The van der Waals surface area contributed by atoms with Crippen molar-refractivity contribution in [3.8, 4) is 0 Å². The van der Waals surface area contributed by atoms with E-state index in [9.17, 15) is 9.59 Å². The van der Waals surface area contributed by atoms with Gasteiger partial charge in [0.1, 0.15) is 0 Å². The van der Waals surface area contributed by atoms with E-state index < -0.39 is 11.5 Å². The van der Waals surface area contributed by atoms with Gasteiger partial charge in [0.15, 0.2) is 0 Å². The molecule has 1 aromatic heterocycles. The highest BCUT2D eigenvalue weighted by molar-refractivity contribution is 5.94. The number of carbonyl (C=O) groups excluding carboxylic acids is 2. The molecule has 0 aliphatic carbocycles. The summed E-state index contributed by atoms with van der Waals surface area (Å²) in [6.45, 7) is 4.97. The van der Waals surface area contributed by atoms with Crippen LogP contribution in [0.1, 0.15) is 37.2 Å². The maximum atomic E-state index is 11.9. The number of esters is 1. The van der Waals surface area contributed by atoms with Crippen molar-refractivity contribution in [3.05, 3.63) is 36.0 Å². The molecule has 0 bridgehead atoms. The SMILES string of the molecule is COC(=O)C(C)(C)[C@@H](N)c1cn(C(C)=O)c2ccccc12.Cl. The van der Waals surface area contributed by atoms with E-state index >= 15 is 0 Å². The van der Waals surface area contributed by atoms with E-state index in [1.165, 1.54) is 14.0 Å². The summed E-state index contributed by atoms with van der Waals surface area (Å²) >= 11 is 0. The minimum Gasteiger partial charge on any atom is -0.469 e. The third-order valence-corrected chi connectivity index (χ3v) is 3.91. The van der Waals surface area contributed by atoms with Crippen LogP contribution in [0, 0.1) is 5.41 Å². The van der Waals surface area contributed by atoms with Gasteiger partial charge in [0.2, 0.25) is 5.91 Å². The van der Waals surface area contributed by atoms with Crippen LogP contribution in [0.2, 0.25) is 0 Å². The number of carbonyl (C=O) groups is 2. The first-order valence-electron chi connectivity index (χ1n) is 6.75. The van der Waals surface area contributed by atoms with E-state index in [0.717, 1.165) is 16.5 Å². The van der Waals surface area contributed by atoms with Gasteiger partial charge in [-0.25, -0.2) is 0 Å². The summed E-state index contributed by atoms with van der Waals surface area (Å²) in [5.41, 5.74) is 6.96. The van der Waals surface area contributed by atoms with Crippen molar-refractivity contribution in [2.75, 3.05) is 7.11 Å². The van der Waals surface area contributed by atoms with Crippen molar-refractivity contribution in [2.24, 2.45) is 11.1 Å². The Morgan fingerprint density at radius 3 is 2.41 bits per heavy atom. The van der Waals surface area contributed by atoms with E-state index in [1.54, 1.807) is 24.6 Å². The summed E-state index contributed by atoms with van der Waals surface area (Å²) in [6.07, 6.45) is 1.71. The van der Waals surface area contributed by atoms with Gasteiger partial charge in [-0.1, -0.05) is 18.2 Å². The van der Waals surface area contributed by atoms with Gasteiger partial charge in [0.05, 0.1) is 18.0 Å². The predicted octanol–water partition coefficient (Wildman–Crippen LogP) is 2.92. The molecular formula is C16H21ClN2O3. The molecule has 6 heteroatoms. The number of fused-ring (bicyclic) bond motifs is 1. The van der Waals surface area contributed by atoms with Crippen LogP contribution in [0.5, 0.6) is 0 Å². The highest BCUT2D eigenvalue weighted by atomic mass is 35.5. The number of hydrogen-bond donors (Lipinski definition) is 1. The lowest BCUT2D eigenvalue weighted by Crippen LogP contribution is -2.37. The number of nitrogens with zero attached hydrogens (tertiary/aromatic N) is 1. The standard InChI is InChI=1S/C16H20N2O3.ClH/c1-10(19)18-9-12(11-7-5-6-8-13(11)18)14(17)16(2,3)15(20)21-4;/h5-9,14H,17H2,1-4H3;1H/t14-;/m0./s1. The molecule has 0 unspecified atom stereocenters. The average molecular weight is 325 g/mol. The second-order valence-corrected chi connectivity index (χ2v) is 5.68. The van der Waals surface area contributed by atoms with Gasteiger partial charge in [-0.05, 0) is 25.5 Å². The topological polar surface area (TPSA) is 74.3 Å². The maximum Gasteiger partial charge on any atom is 0.313 e. The quantitative estimate of drug-likeness (QED) is 0.881. The summed E-state index contributed by atoms with van der Waals surface area (Å²) in [6, 6.07) is 6.93. The Hall–Kier alpha value is -1.85. The second-order valence-electron chi connectivity index (χ2n) is 5.68. The first kappa shape index (κ1) is 18.2. The van der Waals surface area contributed by atoms with Gasteiger partial charge in [-0.3, -0.25) is 14.2 Å². The van der Waals surface area contributed by atoms with E-state index in [0.29, 0.717) is 0 Å². The molecule has 5 nitrogen and oxygen atoms in total. The minimum absolute atomic E-state index is 0. The van der Waals surface area contributed by atoms with E-state index in [2.05, 4.69) is 0 Å². The zero-order chi connectivity index (χ0) is 15.8. The molecule has 0 aliphatic heterocycles. The molecule has 2 N–H and O–H groups in total. The van der Waals surface area contributed by atoms with Crippen LogP contribution in [0.4, 0.5) is 0 Å². The van der Waals surface area contributed by atoms with Gasteiger partial charge < -0.3 is 10.5 Å². The fourth-order valence-electron chi connectivity index (χ4n) is 2.49. The Balaban J connectivity index is 0.00000242. The molecule has 0 radical (unpaired) electrons. The van der Waals surface area contributed by atoms with E-state index in [1.807, 2.05) is 24.3 Å². The third-order valence-electron chi connectivity index (χ3n) is 3.91. The van der Waals surface area contributed by atoms with Crippen molar-refractivity contribution in [1.29, 1.82) is 0 Å². The zero-order valence-electron chi connectivity index (χ0n) is 13.1. The first-order chi connectivity index (χ1) is 9.80. The van der Waals surface area contributed by atoms with Crippen molar-refractivity contribution < 1.29 is 14.3 Å². The number of rotatable bonds is 3. The van der Waals surface area contributed by atoms with Gasteiger partial charge in [-0.15, -0.1) is 12.4 Å². The summed E-state index contributed by atoms with van der Waals surface area (Å²) in [4.78, 5) is 23.7. The lowest BCUT2D eigenvalue weighted by molar-refractivity contribution is -0.152. The molecule has 0 amide bonds. The molecule has 120 valence electrons. The van der Waals surface area contributed by atoms with Crippen molar-refractivity contribution in [3.63, 3.8) is 0 Å². The number of para-hydroxylation sites is 1. The van der Waals surface area contributed by atoms with Crippen molar-refractivity contribution in [1.82, 2.24) is 4.57 Å². The van der Waals surface area contributed by atoms with Crippen LogP contribution in [0.25, 0.3) is 10.9 Å². The van der Waals surface area contributed by atoms with Crippen LogP contribution in [0.3, 0.4) is 0 Å². The van der Waals surface area contributed by atoms with E-state index in [4.69, 9.17) is 10.5 Å². The minimum atomic E-state index is -0.888. The largest absolute Gasteiger partial charge is 0.469 e. The van der Waals surface area contributed by atoms with Gasteiger partial charge in [0.25, 0.3) is 0 Å². The molecule has 0 fully saturated rings. The number of methoxy groups -OCH3 is 1. The number of benzene rings is 1. The third kappa shape index (κ3) is 2.87. The molecule has 2 rings (SSSR count). The summed E-state index contributed by atoms with van der Waals surface area (Å²) in [5.74, 6) is -0.477. The number of aromatic nitrogens is 1. The molecule has 1 atom stereocenters. The molecule has 0 aliphatic rings. The lowest BCUT2D eigenvalue weighted by atomic mass is 9.81. The number of hydrogen-bond acceptors (Lipinski definition) is 4. The number of nitrogens with two attached hydrogens (primary N) is 1. The second kappa shape index (κ2) is 6.50. The van der Waals surface area contributed by atoms with Crippen LogP contribution in [-0.4, -0.2) is 23.6 Å². The van der Waals surface area contributed by atoms with Crippen LogP contribution >= 0.6 is 12.4 Å². The highest BCUT2D eigenvalue weighted by Crippen LogP contribution is 2.36. The number of halogens is 1. The Kier molecular flexibility index (Phi) is 5.38. The predicted molar refractivity (Wildman–Crippen MR) is 88.2 cm³/mol. The molecule has 0 saturated heterocycles. The fraction of sp³-hybridized carbons (Fsp3) is 0.375. The summed E-state index contributed by atoms with van der Waals surface area (Å²) < 4.78 is 6.38. The smallest absolute Gasteiger partial charge is 0.313 e. The van der Waals surface area contributed by atoms with Gasteiger partial charge in [0, 0.05) is 24.5 Å². The number of ether oxygens (including phenoxy) is 1. The molecule has 1 heterocycles. The van der Waals surface area contributed by atoms with Gasteiger partial charge >= 0.3 is 5.97 Å². The van der Waals surface area contributed by atoms with Crippen molar-refractivity contribution in [2.45, 2.75) is 26.8 Å². The first-order valence-corrected chi connectivity index (χ1v) is 6.75. The Labute approximate surface area is 135 Å². The Bertz CT molecular complexity index is 706. The van der Waals surface area contributed by atoms with Crippen LogP contribution in [0.15, 0.2) is 30.5 Å². The van der Waals surface area contributed by atoms with E-state index in [-0.39, 0.29) is 24.3 Å². The normalized spacial score (nSPS) is 12.6. The highest BCUT2D eigenvalue weighted by Gasteiger charge is 2.38. The van der Waals surface area contributed by atoms with Gasteiger partial charge in [-0.2, -0.15) is 0 Å². The molecule has 2 aromatic rings. The van der Waals surface area contributed by atoms with Crippen molar-refractivity contribution >= 4 is 35.2 Å². The maximum absolute atomic E-state index is 11.9. The zero-order valence-corrected chi connectivity index (χ0v) is 13.9. The molecular weight excluding hydrogens is 304 g/mol. The molecule has 22 heavy (non-hydrogen) atoms. The molecule has 0 saturated carbocycles. The Morgan fingerprint density at radius 2 is 1.86 bits per heavy atom. The lowest BCUT2D eigenvalue weighted by Gasteiger charge is -2.28.